The number of hydrogen-bond acceptors (Lipinski definition) is 7. The van der Waals surface area contributed by atoms with Crippen LogP contribution in [0, 0.1) is 10.1 Å². The molecule has 0 bridgehead atoms. The molecule has 0 aliphatic carbocycles. The molecule has 25 heavy (non-hydrogen) atoms. The van der Waals surface area contributed by atoms with E-state index in [0.29, 0.717) is 10.9 Å². The van der Waals surface area contributed by atoms with E-state index in [9.17, 15) is 14.9 Å². The molecule has 2 rings (SSSR count). The SMILES string of the molecule is COc1ccc([N+](=O)[O-])cc1NC(=O)C(C)Sc1nncn1C(C)C. The third kappa shape index (κ3) is 4.47. The number of methoxy groups -OCH3 is 1. The van der Waals surface area contributed by atoms with Crippen molar-refractivity contribution in [3.05, 3.63) is 34.6 Å². The summed E-state index contributed by atoms with van der Waals surface area (Å²) in [5, 5.41) is 21.6. The van der Waals surface area contributed by atoms with E-state index < -0.39 is 10.2 Å². The van der Waals surface area contributed by atoms with Crippen LogP contribution in [0.5, 0.6) is 5.75 Å². The number of nitrogens with one attached hydrogen (secondary N) is 1. The molecule has 1 amide bonds. The number of nitrogens with zero attached hydrogens (tertiary/aromatic N) is 4. The molecule has 0 fully saturated rings. The zero-order valence-electron chi connectivity index (χ0n) is 14.3. The summed E-state index contributed by atoms with van der Waals surface area (Å²) in [7, 11) is 1.43. The summed E-state index contributed by atoms with van der Waals surface area (Å²) in [5.74, 6) is 0.0311. The maximum absolute atomic E-state index is 12.5. The molecule has 0 radical (unpaired) electrons. The van der Waals surface area contributed by atoms with E-state index in [1.54, 1.807) is 13.3 Å². The van der Waals surface area contributed by atoms with Gasteiger partial charge in [-0.1, -0.05) is 11.8 Å². The molecule has 1 heterocycles. The van der Waals surface area contributed by atoms with E-state index >= 15 is 0 Å². The number of benzene rings is 1. The van der Waals surface area contributed by atoms with Gasteiger partial charge in [-0.25, -0.2) is 0 Å². The van der Waals surface area contributed by atoms with Gasteiger partial charge < -0.3 is 14.6 Å². The van der Waals surface area contributed by atoms with Gasteiger partial charge in [0.15, 0.2) is 5.16 Å². The number of carbonyl (C=O) groups excluding carboxylic acids is 1. The Labute approximate surface area is 148 Å². The van der Waals surface area contributed by atoms with Crippen LogP contribution in [0.1, 0.15) is 26.8 Å². The Morgan fingerprint density at radius 1 is 1.40 bits per heavy atom. The number of rotatable bonds is 7. The summed E-state index contributed by atoms with van der Waals surface area (Å²) in [4.78, 5) is 22.8. The van der Waals surface area contributed by atoms with Gasteiger partial charge in [0.1, 0.15) is 12.1 Å². The minimum absolute atomic E-state index is 0.129. The lowest BCUT2D eigenvalue weighted by Gasteiger charge is -2.15. The molecular weight excluding hydrogens is 346 g/mol. The summed E-state index contributed by atoms with van der Waals surface area (Å²) < 4.78 is 7.01. The summed E-state index contributed by atoms with van der Waals surface area (Å²) in [6.07, 6.45) is 1.61. The summed E-state index contributed by atoms with van der Waals surface area (Å²) in [6, 6.07) is 4.20. The van der Waals surface area contributed by atoms with Crippen molar-refractivity contribution in [3.8, 4) is 5.75 Å². The molecule has 1 N–H and O–H groups in total. The van der Waals surface area contributed by atoms with Gasteiger partial charge in [0, 0.05) is 18.2 Å². The highest BCUT2D eigenvalue weighted by Crippen LogP contribution is 2.30. The number of nitro benzene ring substituents is 1. The number of thioether (sulfide) groups is 1. The lowest BCUT2D eigenvalue weighted by molar-refractivity contribution is -0.384. The molecule has 0 saturated carbocycles. The Morgan fingerprint density at radius 2 is 2.12 bits per heavy atom. The highest BCUT2D eigenvalue weighted by Gasteiger charge is 2.21. The zero-order valence-corrected chi connectivity index (χ0v) is 15.1. The van der Waals surface area contributed by atoms with E-state index in [0.717, 1.165) is 0 Å². The number of carbonyl (C=O) groups is 1. The number of aromatic nitrogens is 3. The second-order valence-corrected chi connectivity index (χ2v) is 6.81. The number of hydrogen-bond donors (Lipinski definition) is 1. The smallest absolute Gasteiger partial charge is 0.271 e. The fourth-order valence-electron chi connectivity index (χ4n) is 2.02. The third-order valence-electron chi connectivity index (χ3n) is 3.40. The monoisotopic (exact) mass is 365 g/mol. The largest absolute Gasteiger partial charge is 0.495 e. The van der Waals surface area contributed by atoms with Crippen molar-refractivity contribution in [2.24, 2.45) is 0 Å². The number of non-ortho nitro benzene ring substituents is 1. The first kappa shape index (κ1) is 18.7. The first-order valence-electron chi connectivity index (χ1n) is 7.53. The van der Waals surface area contributed by atoms with Gasteiger partial charge in [-0.05, 0) is 26.8 Å². The van der Waals surface area contributed by atoms with Gasteiger partial charge in [0.05, 0.1) is 23.0 Å². The van der Waals surface area contributed by atoms with Crippen LogP contribution < -0.4 is 10.1 Å². The van der Waals surface area contributed by atoms with E-state index in [2.05, 4.69) is 15.5 Å². The fraction of sp³-hybridized carbons (Fsp3) is 0.400. The minimum Gasteiger partial charge on any atom is -0.495 e. The van der Waals surface area contributed by atoms with Crippen LogP contribution in [0.2, 0.25) is 0 Å². The van der Waals surface area contributed by atoms with Crippen molar-refractivity contribution >= 4 is 29.0 Å². The number of amides is 1. The average molecular weight is 365 g/mol. The van der Waals surface area contributed by atoms with Gasteiger partial charge >= 0.3 is 0 Å². The van der Waals surface area contributed by atoms with Crippen LogP contribution >= 0.6 is 11.8 Å². The zero-order chi connectivity index (χ0) is 18.6. The number of anilines is 1. The van der Waals surface area contributed by atoms with E-state index in [1.807, 2.05) is 18.4 Å². The standard InChI is InChI=1S/C15H19N5O4S/c1-9(2)19-8-16-18-15(19)25-10(3)14(21)17-12-7-11(20(22)23)5-6-13(12)24-4/h5-10H,1-4H3,(H,17,21). The molecule has 1 aromatic carbocycles. The second kappa shape index (κ2) is 7.97. The summed E-state index contributed by atoms with van der Waals surface area (Å²) >= 11 is 1.26. The average Bonchev–Trinajstić information content (AvgIpc) is 3.02. The van der Waals surface area contributed by atoms with Gasteiger partial charge in [0.2, 0.25) is 5.91 Å². The molecule has 0 aliphatic heterocycles. The van der Waals surface area contributed by atoms with Crippen LogP contribution in [-0.2, 0) is 4.79 Å². The summed E-state index contributed by atoms with van der Waals surface area (Å²) in [5.41, 5.74) is 0.121. The van der Waals surface area contributed by atoms with Gasteiger partial charge in [-0.3, -0.25) is 14.9 Å². The Balaban J connectivity index is 2.14. The fourth-order valence-corrected chi connectivity index (χ4v) is 2.98. The van der Waals surface area contributed by atoms with E-state index in [4.69, 9.17) is 4.74 Å². The van der Waals surface area contributed by atoms with Crippen molar-refractivity contribution in [1.82, 2.24) is 14.8 Å². The molecule has 0 aliphatic rings. The van der Waals surface area contributed by atoms with Crippen LogP contribution in [0.4, 0.5) is 11.4 Å². The minimum atomic E-state index is -0.529. The van der Waals surface area contributed by atoms with Crippen molar-refractivity contribution in [1.29, 1.82) is 0 Å². The van der Waals surface area contributed by atoms with Crippen molar-refractivity contribution in [2.45, 2.75) is 37.2 Å². The molecular formula is C15H19N5O4S. The Bertz CT molecular complexity index is 777. The lowest BCUT2D eigenvalue weighted by atomic mass is 10.2. The predicted molar refractivity (Wildman–Crippen MR) is 94.0 cm³/mol. The maximum atomic E-state index is 12.5. The van der Waals surface area contributed by atoms with Crippen LogP contribution in [0.15, 0.2) is 29.7 Å². The van der Waals surface area contributed by atoms with E-state index in [1.165, 1.54) is 37.1 Å². The lowest BCUT2D eigenvalue weighted by Crippen LogP contribution is -2.23. The first-order chi connectivity index (χ1) is 11.8. The number of nitro groups is 1. The quantitative estimate of drug-likeness (QED) is 0.456. The Hall–Kier alpha value is -2.62. The molecule has 134 valence electrons. The summed E-state index contributed by atoms with van der Waals surface area (Å²) in [6.45, 7) is 5.71. The highest BCUT2D eigenvalue weighted by atomic mass is 32.2. The highest BCUT2D eigenvalue weighted by molar-refractivity contribution is 8.00. The Morgan fingerprint density at radius 3 is 2.72 bits per heavy atom. The van der Waals surface area contributed by atoms with Crippen molar-refractivity contribution in [2.75, 3.05) is 12.4 Å². The van der Waals surface area contributed by atoms with Crippen LogP contribution in [0.25, 0.3) is 0 Å². The molecule has 9 nitrogen and oxygen atoms in total. The predicted octanol–water partition coefficient (Wildman–Crippen LogP) is 2.90. The van der Waals surface area contributed by atoms with Crippen LogP contribution in [-0.4, -0.2) is 38.0 Å². The molecule has 0 saturated heterocycles. The maximum Gasteiger partial charge on any atom is 0.271 e. The molecule has 1 unspecified atom stereocenters. The van der Waals surface area contributed by atoms with Crippen LogP contribution in [0.3, 0.4) is 0 Å². The molecule has 0 spiro atoms. The first-order valence-corrected chi connectivity index (χ1v) is 8.41. The van der Waals surface area contributed by atoms with Gasteiger partial charge in [-0.15, -0.1) is 10.2 Å². The second-order valence-electron chi connectivity index (χ2n) is 5.51. The van der Waals surface area contributed by atoms with Crippen molar-refractivity contribution in [3.63, 3.8) is 0 Å². The molecule has 1 atom stereocenters. The normalized spacial score (nSPS) is 12.0. The topological polar surface area (TPSA) is 112 Å². The molecule has 1 aromatic heterocycles. The van der Waals surface area contributed by atoms with Crippen molar-refractivity contribution < 1.29 is 14.5 Å². The third-order valence-corrected chi connectivity index (χ3v) is 4.47. The Kier molecular flexibility index (Phi) is 5.97. The molecule has 10 heteroatoms. The van der Waals surface area contributed by atoms with Gasteiger partial charge in [0.25, 0.3) is 5.69 Å². The molecule has 2 aromatic rings. The number of ether oxygens (including phenoxy) is 1. The van der Waals surface area contributed by atoms with Gasteiger partial charge in [-0.2, -0.15) is 0 Å². The van der Waals surface area contributed by atoms with E-state index in [-0.39, 0.29) is 23.3 Å².